The van der Waals surface area contributed by atoms with E-state index in [-0.39, 0.29) is 129 Å². The molecule has 4 saturated heterocycles. The van der Waals surface area contributed by atoms with Gasteiger partial charge >= 0.3 is 23.9 Å². The zero-order valence-corrected chi connectivity index (χ0v) is 87.7. The van der Waals surface area contributed by atoms with Crippen LogP contribution in [0.1, 0.15) is 245 Å². The Labute approximate surface area is 860 Å². The highest BCUT2D eigenvalue weighted by atomic mass is 79.9. The average molecular weight is 2140 g/mol. The van der Waals surface area contributed by atoms with E-state index < -0.39 is 23.9 Å². The van der Waals surface area contributed by atoms with Crippen molar-refractivity contribution in [2.75, 3.05) is 52.7 Å². The molecule has 18 rings (SSSR count). The van der Waals surface area contributed by atoms with Crippen molar-refractivity contribution in [1.82, 2.24) is 18.7 Å². The van der Waals surface area contributed by atoms with Crippen LogP contribution in [0.15, 0.2) is 259 Å². The Kier molecular flexibility index (Phi) is 34.0. The summed E-state index contributed by atoms with van der Waals surface area (Å²) in [4.78, 5) is 100. The van der Waals surface area contributed by atoms with Crippen LogP contribution in [-0.2, 0) is 45.4 Å². The average Bonchev–Trinajstić information content (AvgIpc) is 1.62. The molecule has 0 N–H and O–H groups in total. The van der Waals surface area contributed by atoms with Gasteiger partial charge < -0.3 is 47.9 Å². The molecule has 12 aromatic rings. The SMILES string of the molecule is CCOC(=O)c1cn(N2C(c3cc(OCc4ccccc4)c(Cl)cc3Br)CCC2(C)C)ccc1=O.CCOC(=O)c1cn(N2C(c3cc(OCc4ccccc4)c(Cl)cc3Br)CCC2(C)C)ccc1=O.CCOC(=O)c1cn2c(cc1=O)-c1cc(Cl)c(OCc3ccccc3)cc1C1CCC(C)(C)N12.CCOC(=O)c1cn2c(cc1=O)-c1cc(Cl)c(OCc3ccccc3)cc1C1CCC(C)(C)N12.CSF. The third-order valence-electron chi connectivity index (χ3n) is 25.8. The number of ether oxygens (including phenoxy) is 8. The lowest BCUT2D eigenvalue weighted by molar-refractivity contribution is 0.0514. The Morgan fingerprint density at radius 1 is 0.355 bits per heavy atom. The lowest BCUT2D eigenvalue weighted by atomic mass is 9.94. The molecule has 6 aliphatic heterocycles. The van der Waals surface area contributed by atoms with Crippen LogP contribution >= 0.6 is 90.4 Å². The molecule has 4 aromatic heterocycles. The van der Waals surface area contributed by atoms with Gasteiger partial charge in [0.1, 0.15) is 71.7 Å². The Morgan fingerprint density at radius 2 is 0.603 bits per heavy atom. The molecule has 8 aromatic carbocycles. The fourth-order valence-electron chi connectivity index (χ4n) is 19.2. The van der Waals surface area contributed by atoms with E-state index in [1.165, 1.54) is 30.5 Å². The van der Waals surface area contributed by atoms with E-state index >= 15 is 0 Å². The number of benzene rings is 8. The zero-order valence-electron chi connectivity index (χ0n) is 80.7. The number of pyridine rings is 4. The molecule has 10 heterocycles. The van der Waals surface area contributed by atoms with E-state index in [0.717, 1.165) is 116 Å². The summed E-state index contributed by atoms with van der Waals surface area (Å²) in [6.07, 6.45) is 18.5. The quantitative estimate of drug-likeness (QED) is 0.0403. The molecule has 32 heteroatoms. The van der Waals surface area contributed by atoms with E-state index in [2.05, 4.69) is 107 Å². The fraction of sp³-hybridized carbons (Fsp3) is 0.339. The smallest absolute Gasteiger partial charge is 0.343 e. The van der Waals surface area contributed by atoms with Crippen LogP contribution in [0, 0.1) is 0 Å². The maximum Gasteiger partial charge on any atom is 0.343 e. The number of carbonyl (C=O) groups is 4. The summed E-state index contributed by atoms with van der Waals surface area (Å²) < 4.78 is 64.3. The van der Waals surface area contributed by atoms with Gasteiger partial charge in [-0.25, -0.2) is 19.2 Å². The lowest BCUT2D eigenvalue weighted by Crippen LogP contribution is -2.50. The van der Waals surface area contributed by atoms with Gasteiger partial charge in [0, 0.05) is 99.9 Å². The number of nitrogens with zero attached hydrogens (tertiary/aromatic N) is 8. The normalized spacial score (nSPS) is 16.9. The van der Waals surface area contributed by atoms with Crippen molar-refractivity contribution in [3.05, 3.63) is 368 Å². The molecule has 0 aliphatic carbocycles. The first-order chi connectivity index (χ1) is 67.4. The number of aromatic nitrogens is 4. The molecule has 4 fully saturated rings. The molecule has 0 saturated carbocycles. The first kappa shape index (κ1) is 105. The summed E-state index contributed by atoms with van der Waals surface area (Å²) in [7, 11) is 0. The minimum atomic E-state index is -0.621. The molecule has 0 amide bonds. The zero-order chi connectivity index (χ0) is 101. The van der Waals surface area contributed by atoms with E-state index in [1.807, 2.05) is 189 Å². The molecule has 6 aliphatic rings. The Morgan fingerprint density at radius 3 is 0.879 bits per heavy atom. The van der Waals surface area contributed by atoms with Crippen molar-refractivity contribution in [2.45, 2.75) is 207 Å². The topological polar surface area (TPSA) is 243 Å². The maximum atomic E-state index is 12.9. The highest BCUT2D eigenvalue weighted by Crippen LogP contribution is 2.54. The third-order valence-corrected chi connectivity index (χ3v) is 28.4. The predicted molar refractivity (Wildman–Crippen MR) is 561 cm³/mol. The van der Waals surface area contributed by atoms with E-state index in [4.69, 9.17) is 84.3 Å². The summed E-state index contributed by atoms with van der Waals surface area (Å²) in [5.41, 5.74) is 9.34. The van der Waals surface area contributed by atoms with Crippen LogP contribution in [-0.4, -0.2) is 97.4 Å². The van der Waals surface area contributed by atoms with E-state index in [9.17, 15) is 42.2 Å². The van der Waals surface area contributed by atoms with Gasteiger partial charge in [-0.1, -0.05) is 200 Å². The summed E-state index contributed by atoms with van der Waals surface area (Å²) in [6, 6.07) is 61.0. The molecule has 740 valence electrons. The van der Waals surface area contributed by atoms with Crippen LogP contribution < -0.4 is 60.7 Å². The van der Waals surface area contributed by atoms with Gasteiger partial charge in [0.15, 0.2) is 21.7 Å². The fourth-order valence-corrected chi connectivity index (χ4v) is 21.5. The van der Waals surface area contributed by atoms with Gasteiger partial charge in [0.2, 0.25) is 0 Å². The van der Waals surface area contributed by atoms with Gasteiger partial charge in [0.25, 0.3) is 0 Å². The van der Waals surface area contributed by atoms with Crippen LogP contribution in [0.5, 0.6) is 23.0 Å². The first-order valence-electron chi connectivity index (χ1n) is 46.8. The molecule has 24 nitrogen and oxygen atoms in total. The monoisotopic (exact) mass is 2140 g/mol. The standard InChI is InChI=1S/2C27H28BrClN2O4.2C27H27ClN2O4.CH3FS/c2*1-4-34-26(33)20-16-30(13-11-24(20)32)31-23(10-12-27(31,2)3)19-14-25(22(29)15-21(19)28)35-17-18-8-6-5-7-9-18;2*1-4-33-26(32)20-15-29-23(14-24(20)31)18-12-21(28)25(34-16-17-8-6-5-7-9-17)13-19(18)22-10-11-27(2,3)30(22)29;1-3-2/h2*5-9,11,13-16,23H,4,10,12,17H2,1-3H3;2*5-9,12-15,22H,4,10-11,16H2,1-3H3;1H3. The second kappa shape index (κ2) is 45.7. The van der Waals surface area contributed by atoms with Crippen molar-refractivity contribution in [3.8, 4) is 45.5 Å². The molecular weight excluding hydrogens is 2030 g/mol. The number of rotatable bonds is 24. The van der Waals surface area contributed by atoms with E-state index in [1.54, 1.807) is 64.9 Å². The predicted octanol–water partition coefficient (Wildman–Crippen LogP) is 24.8. The van der Waals surface area contributed by atoms with Crippen molar-refractivity contribution < 1.29 is 61.0 Å². The number of esters is 4. The van der Waals surface area contributed by atoms with Crippen molar-refractivity contribution in [2.24, 2.45) is 0 Å². The summed E-state index contributed by atoms with van der Waals surface area (Å²) >= 11 is 34.0. The van der Waals surface area contributed by atoms with Gasteiger partial charge in [0.05, 0.1) is 104 Å². The molecule has 4 unspecified atom stereocenters. The second-order valence-electron chi connectivity index (χ2n) is 37.1. The van der Waals surface area contributed by atoms with Crippen LogP contribution in [0.4, 0.5) is 3.89 Å². The van der Waals surface area contributed by atoms with Crippen LogP contribution in [0.3, 0.4) is 0 Å². The summed E-state index contributed by atoms with van der Waals surface area (Å²) in [5.74, 6) is -0.0132. The van der Waals surface area contributed by atoms with Gasteiger partial charge in [-0.05, 0) is 227 Å². The molecule has 0 spiro atoms. The number of hydrogen-bond donors (Lipinski definition) is 0. The van der Waals surface area contributed by atoms with E-state index in [0.29, 0.717) is 80.9 Å². The number of fused-ring (bicyclic) bond motifs is 12. The second-order valence-corrected chi connectivity index (χ2v) is 40.7. The maximum absolute atomic E-state index is 12.9. The van der Waals surface area contributed by atoms with Gasteiger partial charge in [-0.3, -0.25) is 47.9 Å². The molecule has 0 radical (unpaired) electrons. The summed E-state index contributed by atoms with van der Waals surface area (Å²) in [6.45, 7) is 26.6. The highest BCUT2D eigenvalue weighted by Gasteiger charge is 2.49. The van der Waals surface area contributed by atoms with Crippen LogP contribution in [0.2, 0.25) is 20.1 Å². The number of hydrogen-bond acceptors (Lipinski definition) is 21. The lowest BCUT2D eigenvalue weighted by Gasteiger charge is -2.44. The molecule has 141 heavy (non-hydrogen) atoms. The van der Waals surface area contributed by atoms with Crippen molar-refractivity contribution in [1.29, 1.82) is 0 Å². The number of halogens is 7. The van der Waals surface area contributed by atoms with Crippen molar-refractivity contribution in [3.63, 3.8) is 0 Å². The van der Waals surface area contributed by atoms with Gasteiger partial charge in [-0.15, -0.1) is 0 Å². The minimum Gasteiger partial charge on any atom is -0.487 e. The summed E-state index contributed by atoms with van der Waals surface area (Å²) in [5, 5.41) is 10.9. The first-order valence-corrected chi connectivity index (χ1v) is 51.0. The number of carbonyl (C=O) groups excluding carboxylic acids is 4. The third kappa shape index (κ3) is 23.6. The largest absolute Gasteiger partial charge is 0.487 e. The van der Waals surface area contributed by atoms with Crippen molar-refractivity contribution >= 4 is 114 Å². The molecular formula is C109H113Br2Cl4FN8O16S. The molecule has 0 bridgehead atoms. The highest BCUT2D eigenvalue weighted by molar-refractivity contribution is 9.10. The Balaban J connectivity index is 0.000000148. The Hall–Kier alpha value is -11.8. The Bertz CT molecular complexity index is 6430. The molecule has 4 atom stereocenters. The van der Waals surface area contributed by atoms with Gasteiger partial charge in [-0.2, -0.15) is 3.89 Å². The van der Waals surface area contributed by atoms with Crippen LogP contribution in [0.25, 0.3) is 22.5 Å². The minimum absolute atomic E-state index is 0.0119.